The van der Waals surface area contributed by atoms with Crippen molar-refractivity contribution < 1.29 is 66.5 Å². The molecule has 196 valence electrons. The molecule has 1 aliphatic rings. The molecular formula is C27H36I2N4O2S. The van der Waals surface area contributed by atoms with E-state index < -0.39 is 0 Å². The third-order valence-electron chi connectivity index (χ3n) is 6.29. The Hall–Kier alpha value is -1.31. The van der Waals surface area contributed by atoms with Crippen LogP contribution in [0.2, 0.25) is 0 Å². The van der Waals surface area contributed by atoms with Gasteiger partial charge in [0.05, 0.1) is 71.5 Å². The zero-order valence-electron chi connectivity index (χ0n) is 22.1. The van der Waals surface area contributed by atoms with E-state index in [0.29, 0.717) is 5.75 Å². The summed E-state index contributed by atoms with van der Waals surface area (Å²) >= 11 is 1.78. The molecule has 6 nitrogen and oxygen atoms in total. The number of anilines is 1. The minimum atomic E-state index is 0. The lowest BCUT2D eigenvalue weighted by Gasteiger charge is -2.23. The van der Waals surface area contributed by atoms with Gasteiger partial charge in [-0.1, -0.05) is 23.9 Å². The maximum absolute atomic E-state index is 5.62. The summed E-state index contributed by atoms with van der Waals surface area (Å²) in [6.45, 7) is 1.15. The van der Waals surface area contributed by atoms with E-state index >= 15 is 0 Å². The van der Waals surface area contributed by atoms with Gasteiger partial charge in [0.25, 0.3) is 5.82 Å². The van der Waals surface area contributed by atoms with Crippen molar-refractivity contribution in [2.45, 2.75) is 24.2 Å². The summed E-state index contributed by atoms with van der Waals surface area (Å²) in [6.07, 6.45) is 5.40. The molecule has 0 atom stereocenters. The third kappa shape index (κ3) is 6.76. The summed E-state index contributed by atoms with van der Waals surface area (Å²) in [6, 6.07) is 12.6. The zero-order chi connectivity index (χ0) is 24.5. The van der Waals surface area contributed by atoms with Crippen LogP contribution in [0.1, 0.15) is 24.4 Å². The van der Waals surface area contributed by atoms with Gasteiger partial charge in [-0.25, -0.2) is 4.57 Å². The van der Waals surface area contributed by atoms with Crippen molar-refractivity contribution in [1.29, 1.82) is 0 Å². The number of methoxy groups -OCH3 is 2. The van der Waals surface area contributed by atoms with Crippen LogP contribution in [0.25, 0.3) is 17.0 Å². The summed E-state index contributed by atoms with van der Waals surface area (Å²) in [5.74, 6) is 2.52. The molecular weight excluding hydrogens is 698 g/mol. The first-order chi connectivity index (χ1) is 16.2. The number of benzene rings is 2. The van der Waals surface area contributed by atoms with Crippen LogP contribution >= 0.6 is 11.8 Å². The number of quaternary nitrogens is 1. The van der Waals surface area contributed by atoms with Gasteiger partial charge in [0.2, 0.25) is 0 Å². The van der Waals surface area contributed by atoms with Crippen molar-refractivity contribution in [3.05, 3.63) is 52.9 Å². The lowest BCUT2D eigenvalue weighted by molar-refractivity contribution is -0.870. The number of ether oxygens (including phenoxy) is 2. The van der Waals surface area contributed by atoms with Gasteiger partial charge < -0.3 is 66.8 Å². The number of hydrogen-bond donors (Lipinski definition) is 0. The quantitative estimate of drug-likeness (QED) is 0.124. The monoisotopic (exact) mass is 734 g/mol. The van der Waals surface area contributed by atoms with Crippen LogP contribution < -0.4 is 66.9 Å². The van der Waals surface area contributed by atoms with Crippen molar-refractivity contribution in [3.63, 3.8) is 0 Å². The highest BCUT2D eigenvalue weighted by atomic mass is 127. The molecule has 0 saturated heterocycles. The van der Waals surface area contributed by atoms with E-state index in [1.165, 1.54) is 17.0 Å². The molecule has 0 radical (unpaired) electrons. The molecule has 9 heteroatoms. The number of unbranched alkanes of at least 4 members (excludes halogenated alkanes) is 1. The molecule has 0 bridgehead atoms. The number of hydrogen-bond acceptors (Lipinski definition) is 5. The van der Waals surface area contributed by atoms with Crippen molar-refractivity contribution in [2.24, 2.45) is 7.05 Å². The summed E-state index contributed by atoms with van der Waals surface area (Å²) in [5, 5.41) is 2.21. The first-order valence-electron chi connectivity index (χ1n) is 11.7. The standard InChI is InChI=1S/C27H36N4O2S.2HI/c1-29-22-18-24(33-7)23(32-6)16-19(22)20(28-26(29)14-10-11-15-31(3,4)5)17-27-30(2)21-12-8-9-13-25(21)34-27;;/h8-9,12-13,16-18H,10-11,14-15H2,1-7H3;2*1H/q+2;;/p-2. The van der Waals surface area contributed by atoms with E-state index in [-0.39, 0.29) is 48.0 Å². The van der Waals surface area contributed by atoms with Crippen molar-refractivity contribution in [3.8, 4) is 11.5 Å². The molecule has 3 aromatic rings. The maximum atomic E-state index is 5.62. The number of aromatic nitrogens is 2. The largest absolute Gasteiger partial charge is 1.00 e. The van der Waals surface area contributed by atoms with Crippen LogP contribution in [0.5, 0.6) is 11.5 Å². The van der Waals surface area contributed by atoms with Crippen molar-refractivity contribution in [2.75, 3.05) is 53.9 Å². The fourth-order valence-electron chi connectivity index (χ4n) is 4.33. The van der Waals surface area contributed by atoms with Crippen LogP contribution in [0.15, 0.2) is 46.3 Å². The van der Waals surface area contributed by atoms with E-state index in [0.717, 1.165) is 57.1 Å². The minimum Gasteiger partial charge on any atom is -1.00 e. The second-order valence-corrected chi connectivity index (χ2v) is 10.8. The third-order valence-corrected chi connectivity index (χ3v) is 7.45. The summed E-state index contributed by atoms with van der Waals surface area (Å²) in [7, 11) is 14.3. The van der Waals surface area contributed by atoms with Crippen LogP contribution in [-0.2, 0) is 13.5 Å². The van der Waals surface area contributed by atoms with Crippen molar-refractivity contribution >= 4 is 34.4 Å². The molecule has 2 aromatic carbocycles. The van der Waals surface area contributed by atoms with Gasteiger partial charge in [-0.15, -0.1) is 0 Å². The predicted molar refractivity (Wildman–Crippen MR) is 141 cm³/mol. The second-order valence-electron chi connectivity index (χ2n) is 9.78. The Balaban J connectivity index is 0.00000228. The zero-order valence-corrected chi connectivity index (χ0v) is 27.3. The number of nitrogens with zero attached hydrogens (tertiary/aromatic N) is 4. The normalized spacial score (nSPS) is 13.9. The SMILES string of the molecule is COc1cc2c(/C=C3\Sc4ccccc4N3C)nc(CCCC[N+](C)(C)C)[n+](C)c2cc1OC.[I-].[I-]. The number of para-hydroxylation sites is 1. The smallest absolute Gasteiger partial charge is 0.299 e. The Morgan fingerprint density at radius 2 is 1.69 bits per heavy atom. The molecule has 0 aliphatic carbocycles. The lowest BCUT2D eigenvalue weighted by atomic mass is 10.1. The van der Waals surface area contributed by atoms with Crippen LogP contribution in [0.3, 0.4) is 0 Å². The lowest BCUT2D eigenvalue weighted by Crippen LogP contribution is -3.00. The van der Waals surface area contributed by atoms with E-state index in [1.807, 2.05) is 6.07 Å². The molecule has 36 heavy (non-hydrogen) atoms. The van der Waals surface area contributed by atoms with Gasteiger partial charge in [-0.3, -0.25) is 0 Å². The number of halogens is 2. The molecule has 0 saturated carbocycles. The first-order valence-corrected chi connectivity index (χ1v) is 12.5. The molecule has 4 rings (SSSR count). The Labute approximate surface area is 253 Å². The van der Waals surface area contributed by atoms with E-state index in [1.54, 1.807) is 26.0 Å². The van der Waals surface area contributed by atoms with E-state index in [9.17, 15) is 0 Å². The van der Waals surface area contributed by atoms with Gasteiger partial charge >= 0.3 is 0 Å². The van der Waals surface area contributed by atoms with Crippen LogP contribution in [0, 0.1) is 0 Å². The number of aryl methyl sites for hydroxylation is 2. The second kappa shape index (κ2) is 13.0. The molecule has 0 N–H and O–H groups in total. The summed E-state index contributed by atoms with van der Waals surface area (Å²) in [4.78, 5) is 8.68. The van der Waals surface area contributed by atoms with Crippen molar-refractivity contribution in [1.82, 2.24) is 4.98 Å². The Morgan fingerprint density at radius 3 is 2.33 bits per heavy atom. The number of rotatable bonds is 8. The Kier molecular flexibility index (Phi) is 11.1. The predicted octanol–water partition coefficient (Wildman–Crippen LogP) is -1.35. The minimum absolute atomic E-state index is 0. The molecule has 0 unspecified atom stereocenters. The fourth-order valence-corrected chi connectivity index (χ4v) is 5.42. The molecule has 0 fully saturated rings. The summed E-state index contributed by atoms with van der Waals surface area (Å²) < 4.78 is 14.4. The van der Waals surface area contributed by atoms with Gasteiger partial charge in [0.15, 0.2) is 17.2 Å². The Bertz CT molecular complexity index is 1240. The molecule has 1 aromatic heterocycles. The maximum Gasteiger partial charge on any atom is 0.299 e. The van der Waals surface area contributed by atoms with Gasteiger partial charge in [0.1, 0.15) is 5.52 Å². The van der Waals surface area contributed by atoms with Gasteiger partial charge in [-0.05, 0) is 36.0 Å². The first kappa shape index (κ1) is 30.9. The highest BCUT2D eigenvalue weighted by Gasteiger charge is 2.26. The molecule has 1 aliphatic heterocycles. The van der Waals surface area contributed by atoms with Gasteiger partial charge in [0, 0.05) is 24.1 Å². The summed E-state index contributed by atoms with van der Waals surface area (Å²) in [5.41, 5.74) is 3.27. The van der Waals surface area contributed by atoms with Crippen LogP contribution in [0.4, 0.5) is 5.69 Å². The van der Waals surface area contributed by atoms with E-state index in [4.69, 9.17) is 14.5 Å². The molecule has 0 spiro atoms. The average Bonchev–Trinajstić information content (AvgIpc) is 3.13. The number of thioether (sulfide) groups is 1. The molecule has 0 amide bonds. The Morgan fingerprint density at radius 1 is 1.03 bits per heavy atom. The van der Waals surface area contributed by atoms with E-state index in [2.05, 4.69) is 81.1 Å². The number of fused-ring (bicyclic) bond motifs is 2. The highest BCUT2D eigenvalue weighted by Crippen LogP contribution is 2.45. The average molecular weight is 734 g/mol. The fraction of sp³-hybridized carbons (Fsp3) is 0.407. The topological polar surface area (TPSA) is 38.5 Å². The van der Waals surface area contributed by atoms with Crippen LogP contribution in [-0.4, -0.2) is 58.4 Å². The van der Waals surface area contributed by atoms with Gasteiger partial charge in [-0.2, -0.15) is 0 Å². The molecule has 2 heterocycles. The highest BCUT2D eigenvalue weighted by molar-refractivity contribution is 8.03.